The first-order valence-corrected chi connectivity index (χ1v) is 25.5. The van der Waals surface area contributed by atoms with Crippen molar-refractivity contribution in [3.8, 4) is 0 Å². The zero-order chi connectivity index (χ0) is 43.8. The molecule has 0 aromatic rings. The highest BCUT2D eigenvalue weighted by molar-refractivity contribution is 8.00. The molecule has 7 atom stereocenters. The summed E-state index contributed by atoms with van der Waals surface area (Å²) in [5, 5.41) is 52.4. The number of unbranched alkanes of at least 4 members (excludes halogenated alkanes) is 22. The van der Waals surface area contributed by atoms with Gasteiger partial charge in [-0.15, -0.1) is 11.8 Å². The lowest BCUT2D eigenvalue weighted by molar-refractivity contribution is -0.301. The van der Waals surface area contributed by atoms with Crippen molar-refractivity contribution in [3.05, 3.63) is 0 Å². The molecule has 60 heavy (non-hydrogen) atoms. The lowest BCUT2D eigenvalue weighted by atomic mass is 9.93. The minimum absolute atomic E-state index is 0.115. The van der Waals surface area contributed by atoms with Crippen LogP contribution in [-0.4, -0.2) is 122 Å². The Labute approximate surface area is 368 Å². The van der Waals surface area contributed by atoms with Crippen molar-refractivity contribution in [1.82, 2.24) is 10.2 Å². The minimum Gasteiger partial charge on any atom is -0.481 e. The fourth-order valence-corrected chi connectivity index (χ4v) is 9.64. The number of hydrogen-bond acceptors (Lipinski definition) is 10. The summed E-state index contributed by atoms with van der Waals surface area (Å²) in [7, 11) is 0. The standard InChI is InChI=1S/C47H88N2O10S/c1-3-5-7-9-11-13-15-17-19-21-23-25-28-37(29-26-24-22-20-18-16-14-12-10-8-6-4-2)34-49-32-27-33-60-40(30-31-41(51)52)45(56)48-38(46(49)57)36-58-47-44(55)43(54)42(53)39(35-50)59-47/h37-40,42-44,47,50,53-55H,3-36H2,1-2H3,(H,48,56)(H,51,52)/t38-,39-,40+,42-,43+,44+,47+/m1/s1. The lowest BCUT2D eigenvalue weighted by Gasteiger charge is -2.40. The van der Waals surface area contributed by atoms with Gasteiger partial charge in [-0.25, -0.2) is 0 Å². The fourth-order valence-electron chi connectivity index (χ4n) is 8.56. The average Bonchev–Trinajstić information content (AvgIpc) is 3.23. The monoisotopic (exact) mass is 873 g/mol. The van der Waals surface area contributed by atoms with E-state index in [2.05, 4.69) is 19.2 Å². The van der Waals surface area contributed by atoms with Crippen molar-refractivity contribution >= 4 is 29.5 Å². The van der Waals surface area contributed by atoms with Crippen molar-refractivity contribution < 1.29 is 49.4 Å². The summed E-state index contributed by atoms with van der Waals surface area (Å²) in [5.74, 6) is -0.857. The summed E-state index contributed by atoms with van der Waals surface area (Å²) in [4.78, 5) is 41.3. The van der Waals surface area contributed by atoms with E-state index >= 15 is 0 Å². The Kier molecular flexibility index (Phi) is 31.8. The maximum Gasteiger partial charge on any atom is 0.303 e. The SMILES string of the molecule is CCCCCCCCCCCCCCC(CCCCCCCCCCCCCC)CN1CCCS[C@@H](CCC(=O)O)C(=O)N[C@H](CO[C@H]2O[C@H](CO)[C@@H](O)[C@H](O)[C@@H]2O)C1=O. The summed E-state index contributed by atoms with van der Waals surface area (Å²) >= 11 is 1.40. The van der Waals surface area contributed by atoms with Crippen molar-refractivity contribution in [3.63, 3.8) is 0 Å². The van der Waals surface area contributed by atoms with Crippen LogP contribution in [0.1, 0.15) is 200 Å². The van der Waals surface area contributed by atoms with Crippen LogP contribution in [0.15, 0.2) is 0 Å². The summed E-state index contributed by atoms with van der Waals surface area (Å²) in [6, 6.07) is -1.16. The van der Waals surface area contributed by atoms with E-state index in [1.807, 2.05) is 4.90 Å². The van der Waals surface area contributed by atoms with Gasteiger partial charge < -0.3 is 45.2 Å². The molecule has 6 N–H and O–H groups in total. The molecule has 2 rings (SSSR count). The quantitative estimate of drug-likeness (QED) is 0.0337. The Balaban J connectivity index is 2.07. The van der Waals surface area contributed by atoms with Gasteiger partial charge in [0.25, 0.3) is 0 Å². The van der Waals surface area contributed by atoms with Gasteiger partial charge in [0.05, 0.1) is 18.5 Å². The first-order chi connectivity index (χ1) is 29.1. The number of aliphatic carboxylic acids is 1. The number of thioether (sulfide) groups is 1. The van der Waals surface area contributed by atoms with E-state index in [-0.39, 0.29) is 25.4 Å². The molecule has 2 fully saturated rings. The van der Waals surface area contributed by atoms with Crippen LogP contribution in [0.25, 0.3) is 0 Å². The second kappa shape index (κ2) is 34.9. The maximum atomic E-state index is 14.5. The molecule has 0 spiro atoms. The molecular formula is C47H88N2O10S. The highest BCUT2D eigenvalue weighted by atomic mass is 32.2. The van der Waals surface area contributed by atoms with Crippen LogP contribution >= 0.6 is 11.8 Å². The molecule has 2 amide bonds. The molecule has 13 heteroatoms. The average molecular weight is 873 g/mol. The Hall–Kier alpha value is -1.48. The highest BCUT2D eigenvalue weighted by Crippen LogP contribution is 2.26. The van der Waals surface area contributed by atoms with Gasteiger partial charge in [-0.2, -0.15) is 0 Å². The molecule has 0 radical (unpaired) electrons. The number of nitrogens with one attached hydrogen (secondary N) is 1. The Morgan fingerprint density at radius 3 is 1.70 bits per heavy atom. The number of hydrogen-bond donors (Lipinski definition) is 6. The van der Waals surface area contributed by atoms with Gasteiger partial charge >= 0.3 is 5.97 Å². The van der Waals surface area contributed by atoms with Crippen LogP contribution in [0.2, 0.25) is 0 Å². The first kappa shape index (κ1) is 54.7. The largest absolute Gasteiger partial charge is 0.481 e. The molecule has 2 aliphatic rings. The number of amides is 2. The molecular weight excluding hydrogens is 785 g/mol. The Morgan fingerprint density at radius 1 is 0.750 bits per heavy atom. The summed E-state index contributed by atoms with van der Waals surface area (Å²) in [6.45, 7) is 4.55. The zero-order valence-electron chi connectivity index (χ0n) is 37.8. The number of aliphatic hydroxyl groups is 4. The van der Waals surface area contributed by atoms with Crippen molar-refractivity contribution in [1.29, 1.82) is 0 Å². The predicted octanol–water partition coefficient (Wildman–Crippen LogP) is 8.29. The van der Waals surface area contributed by atoms with Gasteiger partial charge in [0.15, 0.2) is 6.29 Å². The third-order valence-electron chi connectivity index (χ3n) is 12.4. The van der Waals surface area contributed by atoms with Gasteiger partial charge in [0, 0.05) is 19.5 Å². The number of nitrogens with zero attached hydrogens (tertiary/aromatic N) is 1. The summed E-state index contributed by atoms with van der Waals surface area (Å²) < 4.78 is 11.4. The molecule has 352 valence electrons. The smallest absolute Gasteiger partial charge is 0.303 e. The zero-order valence-corrected chi connectivity index (χ0v) is 38.6. The molecule has 2 heterocycles. The molecule has 0 aromatic heterocycles. The molecule has 0 unspecified atom stereocenters. The van der Waals surface area contributed by atoms with Crippen molar-refractivity contribution in [2.24, 2.45) is 5.92 Å². The van der Waals surface area contributed by atoms with Crippen molar-refractivity contribution in [2.75, 3.05) is 32.1 Å². The highest BCUT2D eigenvalue weighted by Gasteiger charge is 2.45. The third kappa shape index (κ3) is 23.8. The number of carboxylic acids is 1. The van der Waals surface area contributed by atoms with E-state index in [0.29, 0.717) is 31.2 Å². The molecule has 0 aromatic carbocycles. The van der Waals surface area contributed by atoms with E-state index in [0.717, 1.165) is 25.7 Å². The topological polar surface area (TPSA) is 186 Å². The number of carbonyl (C=O) groups excluding carboxylic acids is 2. The van der Waals surface area contributed by atoms with E-state index in [4.69, 9.17) is 9.47 Å². The predicted molar refractivity (Wildman–Crippen MR) is 241 cm³/mol. The number of carboxylic acid groups (broad SMARTS) is 1. The normalized spacial score (nSPS) is 24.2. The second-order valence-corrected chi connectivity index (χ2v) is 19.1. The van der Waals surface area contributed by atoms with Crippen LogP contribution in [0, 0.1) is 5.92 Å². The van der Waals surface area contributed by atoms with Crippen LogP contribution in [0.5, 0.6) is 0 Å². The van der Waals surface area contributed by atoms with Crippen LogP contribution in [-0.2, 0) is 23.9 Å². The van der Waals surface area contributed by atoms with E-state index in [1.54, 1.807) is 0 Å². The number of ether oxygens (including phenoxy) is 2. The fraction of sp³-hybridized carbons (Fsp3) is 0.936. The van der Waals surface area contributed by atoms with Crippen LogP contribution in [0.3, 0.4) is 0 Å². The van der Waals surface area contributed by atoms with Gasteiger partial charge in [0.2, 0.25) is 11.8 Å². The van der Waals surface area contributed by atoms with Gasteiger partial charge in [0.1, 0.15) is 30.5 Å². The molecule has 12 nitrogen and oxygen atoms in total. The summed E-state index contributed by atoms with van der Waals surface area (Å²) in [6.07, 6.45) is 26.0. The Morgan fingerprint density at radius 2 is 1.23 bits per heavy atom. The van der Waals surface area contributed by atoms with E-state index in [9.17, 15) is 39.9 Å². The number of aliphatic hydroxyl groups excluding tert-OH is 4. The molecule has 0 saturated carbocycles. The van der Waals surface area contributed by atoms with Gasteiger partial charge in [-0.05, 0) is 37.4 Å². The van der Waals surface area contributed by atoms with Crippen molar-refractivity contribution in [2.45, 2.75) is 242 Å². The third-order valence-corrected chi connectivity index (χ3v) is 13.8. The van der Waals surface area contributed by atoms with E-state index in [1.165, 1.54) is 153 Å². The van der Waals surface area contributed by atoms with E-state index < -0.39 is 60.5 Å². The number of rotatable bonds is 35. The molecule has 2 aliphatic heterocycles. The second-order valence-electron chi connectivity index (χ2n) is 17.7. The molecule has 0 bridgehead atoms. The summed E-state index contributed by atoms with van der Waals surface area (Å²) in [5.41, 5.74) is 0. The van der Waals surface area contributed by atoms with Gasteiger partial charge in [-0.1, -0.05) is 168 Å². The Bertz CT molecular complexity index is 1070. The van der Waals surface area contributed by atoms with Gasteiger partial charge in [-0.3, -0.25) is 14.4 Å². The van der Waals surface area contributed by atoms with Crippen LogP contribution < -0.4 is 5.32 Å². The maximum absolute atomic E-state index is 14.5. The number of carbonyl (C=O) groups is 3. The van der Waals surface area contributed by atoms with Crippen LogP contribution in [0.4, 0.5) is 0 Å². The minimum atomic E-state index is -1.65. The lowest BCUT2D eigenvalue weighted by Crippen LogP contribution is -2.60. The molecule has 2 saturated heterocycles. The molecule has 0 aliphatic carbocycles. The first-order valence-electron chi connectivity index (χ1n) is 24.5.